The molecule has 0 aliphatic rings. The number of halogens is 1. The number of hydrogen-bond acceptors (Lipinski definition) is 3. The van der Waals surface area contributed by atoms with Crippen LogP contribution < -0.4 is 10.6 Å². The van der Waals surface area contributed by atoms with Gasteiger partial charge in [0.2, 0.25) is 0 Å². The van der Waals surface area contributed by atoms with Crippen LogP contribution in [0.4, 0.5) is 10.5 Å². The van der Waals surface area contributed by atoms with Crippen LogP contribution >= 0.6 is 15.9 Å². The molecule has 0 atom stereocenters. The Morgan fingerprint density at radius 1 is 1.30 bits per heavy atom. The van der Waals surface area contributed by atoms with Gasteiger partial charge < -0.3 is 15.4 Å². The zero-order valence-corrected chi connectivity index (χ0v) is 13.6. The van der Waals surface area contributed by atoms with Gasteiger partial charge in [0.1, 0.15) is 0 Å². The Morgan fingerprint density at radius 2 is 1.95 bits per heavy atom. The predicted molar refractivity (Wildman–Crippen MR) is 82.0 cm³/mol. The summed E-state index contributed by atoms with van der Waals surface area (Å²) in [5.41, 5.74) is 0.696. The van der Waals surface area contributed by atoms with Gasteiger partial charge in [0.25, 0.3) is 0 Å². The molecule has 2 amide bonds. The first-order chi connectivity index (χ1) is 9.23. The van der Waals surface area contributed by atoms with E-state index in [4.69, 9.17) is 4.74 Å². The van der Waals surface area contributed by atoms with Crippen LogP contribution in [-0.2, 0) is 4.74 Å². The SMILES string of the molecule is CCOC(=O)c1ccc(NC(=O)NC(C)(C)C)c(Br)c1. The number of benzene rings is 1. The molecule has 0 saturated heterocycles. The minimum atomic E-state index is -0.390. The second-order valence-electron chi connectivity index (χ2n) is 5.24. The van der Waals surface area contributed by atoms with Crippen LogP contribution in [0.5, 0.6) is 0 Å². The summed E-state index contributed by atoms with van der Waals surface area (Å²) in [6.45, 7) is 7.76. The Balaban J connectivity index is 2.79. The highest BCUT2D eigenvalue weighted by Gasteiger charge is 2.15. The molecule has 1 aromatic rings. The summed E-state index contributed by atoms with van der Waals surface area (Å²) < 4.78 is 5.53. The minimum absolute atomic E-state index is 0.304. The quantitative estimate of drug-likeness (QED) is 0.825. The van der Waals surface area contributed by atoms with Gasteiger partial charge in [-0.2, -0.15) is 0 Å². The first-order valence-corrected chi connectivity index (χ1v) is 7.08. The average molecular weight is 343 g/mol. The van der Waals surface area contributed by atoms with E-state index in [9.17, 15) is 9.59 Å². The maximum absolute atomic E-state index is 11.8. The number of amides is 2. The molecule has 0 saturated carbocycles. The van der Waals surface area contributed by atoms with Gasteiger partial charge in [-0.25, -0.2) is 9.59 Å². The number of hydrogen-bond donors (Lipinski definition) is 2. The van der Waals surface area contributed by atoms with Gasteiger partial charge in [-0.3, -0.25) is 0 Å². The van der Waals surface area contributed by atoms with E-state index < -0.39 is 0 Å². The second kappa shape index (κ2) is 6.74. The van der Waals surface area contributed by atoms with E-state index in [0.29, 0.717) is 22.3 Å². The molecule has 1 aromatic carbocycles. The van der Waals surface area contributed by atoms with E-state index in [1.54, 1.807) is 25.1 Å². The Labute approximate surface area is 127 Å². The minimum Gasteiger partial charge on any atom is -0.462 e. The van der Waals surface area contributed by atoms with Crippen LogP contribution in [-0.4, -0.2) is 24.1 Å². The van der Waals surface area contributed by atoms with E-state index in [0.717, 1.165) is 0 Å². The van der Waals surface area contributed by atoms with Crippen LogP contribution in [0, 0.1) is 0 Å². The summed E-state index contributed by atoms with van der Waals surface area (Å²) in [6, 6.07) is 4.57. The molecule has 1 rings (SSSR count). The van der Waals surface area contributed by atoms with E-state index in [1.807, 2.05) is 20.8 Å². The summed E-state index contributed by atoms with van der Waals surface area (Å²) in [5, 5.41) is 5.51. The largest absolute Gasteiger partial charge is 0.462 e. The standard InChI is InChI=1S/C14H19BrN2O3/c1-5-20-12(18)9-6-7-11(10(15)8-9)16-13(19)17-14(2,3)4/h6-8H,5H2,1-4H3,(H2,16,17,19). The van der Waals surface area contributed by atoms with Crippen LogP contribution in [0.2, 0.25) is 0 Å². The van der Waals surface area contributed by atoms with Gasteiger partial charge in [0.05, 0.1) is 17.9 Å². The van der Waals surface area contributed by atoms with Gasteiger partial charge in [-0.05, 0) is 61.8 Å². The van der Waals surface area contributed by atoms with Crippen molar-refractivity contribution in [2.75, 3.05) is 11.9 Å². The third-order valence-corrected chi connectivity index (χ3v) is 2.87. The molecule has 0 aliphatic heterocycles. The van der Waals surface area contributed by atoms with Crippen LogP contribution in [0.15, 0.2) is 22.7 Å². The molecule has 0 spiro atoms. The fourth-order valence-corrected chi connectivity index (χ4v) is 1.93. The molecule has 20 heavy (non-hydrogen) atoms. The fourth-order valence-electron chi connectivity index (χ4n) is 1.45. The van der Waals surface area contributed by atoms with Crippen molar-refractivity contribution in [2.45, 2.75) is 33.2 Å². The van der Waals surface area contributed by atoms with Crippen molar-refractivity contribution in [1.29, 1.82) is 0 Å². The molecule has 0 aliphatic carbocycles. The normalized spacial score (nSPS) is 10.8. The highest BCUT2D eigenvalue weighted by Crippen LogP contribution is 2.24. The number of carbonyl (C=O) groups excluding carboxylic acids is 2. The van der Waals surface area contributed by atoms with Gasteiger partial charge in [-0.15, -0.1) is 0 Å². The molecule has 0 radical (unpaired) electrons. The molecular formula is C14H19BrN2O3. The van der Waals surface area contributed by atoms with Crippen molar-refractivity contribution in [1.82, 2.24) is 5.32 Å². The molecule has 0 heterocycles. The van der Waals surface area contributed by atoms with E-state index >= 15 is 0 Å². The zero-order valence-electron chi connectivity index (χ0n) is 12.0. The van der Waals surface area contributed by atoms with Crippen molar-refractivity contribution >= 4 is 33.6 Å². The first-order valence-electron chi connectivity index (χ1n) is 6.29. The molecular weight excluding hydrogens is 324 g/mol. The number of esters is 1. The highest BCUT2D eigenvalue weighted by molar-refractivity contribution is 9.10. The number of ether oxygens (including phenoxy) is 1. The molecule has 5 nitrogen and oxygen atoms in total. The maximum Gasteiger partial charge on any atom is 0.338 e. The summed E-state index contributed by atoms with van der Waals surface area (Å²) in [4.78, 5) is 23.3. The fraction of sp³-hybridized carbons (Fsp3) is 0.429. The monoisotopic (exact) mass is 342 g/mol. The number of anilines is 1. The Morgan fingerprint density at radius 3 is 2.45 bits per heavy atom. The summed E-state index contributed by atoms with van der Waals surface area (Å²) in [5.74, 6) is -0.390. The molecule has 0 aromatic heterocycles. The third-order valence-electron chi connectivity index (χ3n) is 2.22. The van der Waals surface area contributed by atoms with Crippen LogP contribution in [0.1, 0.15) is 38.1 Å². The number of carbonyl (C=O) groups is 2. The Hall–Kier alpha value is -1.56. The average Bonchev–Trinajstić information content (AvgIpc) is 2.29. The van der Waals surface area contributed by atoms with Gasteiger partial charge in [0, 0.05) is 10.0 Å². The van der Waals surface area contributed by atoms with E-state index in [1.165, 1.54) is 0 Å². The van der Waals surface area contributed by atoms with Gasteiger partial charge >= 0.3 is 12.0 Å². The Kier molecular flexibility index (Phi) is 5.56. The van der Waals surface area contributed by atoms with Crippen LogP contribution in [0.25, 0.3) is 0 Å². The van der Waals surface area contributed by atoms with E-state index in [2.05, 4.69) is 26.6 Å². The third kappa shape index (κ3) is 5.21. The van der Waals surface area contributed by atoms with Crippen LogP contribution in [0.3, 0.4) is 0 Å². The summed E-state index contributed by atoms with van der Waals surface area (Å²) >= 11 is 3.32. The lowest BCUT2D eigenvalue weighted by Crippen LogP contribution is -2.43. The maximum atomic E-state index is 11.8. The Bertz CT molecular complexity index is 510. The number of urea groups is 1. The first kappa shape index (κ1) is 16.5. The van der Waals surface area contributed by atoms with Crippen molar-refractivity contribution < 1.29 is 14.3 Å². The van der Waals surface area contributed by atoms with Gasteiger partial charge in [-0.1, -0.05) is 0 Å². The van der Waals surface area contributed by atoms with Crippen molar-refractivity contribution in [3.05, 3.63) is 28.2 Å². The molecule has 0 fully saturated rings. The van der Waals surface area contributed by atoms with Gasteiger partial charge in [0.15, 0.2) is 0 Å². The van der Waals surface area contributed by atoms with E-state index in [-0.39, 0.29) is 17.5 Å². The smallest absolute Gasteiger partial charge is 0.338 e. The predicted octanol–water partition coefficient (Wildman–Crippen LogP) is 3.55. The summed E-state index contributed by atoms with van der Waals surface area (Å²) in [7, 11) is 0. The van der Waals surface area contributed by atoms with Crippen molar-refractivity contribution in [3.63, 3.8) is 0 Å². The molecule has 110 valence electrons. The topological polar surface area (TPSA) is 67.4 Å². The van der Waals surface area contributed by atoms with Crippen molar-refractivity contribution in [2.24, 2.45) is 0 Å². The van der Waals surface area contributed by atoms with Crippen molar-refractivity contribution in [3.8, 4) is 0 Å². The molecule has 2 N–H and O–H groups in total. The highest BCUT2D eigenvalue weighted by atomic mass is 79.9. The second-order valence-corrected chi connectivity index (χ2v) is 6.10. The molecule has 0 bridgehead atoms. The lowest BCUT2D eigenvalue weighted by Gasteiger charge is -2.21. The lowest BCUT2D eigenvalue weighted by molar-refractivity contribution is 0.0526. The molecule has 0 unspecified atom stereocenters. The number of nitrogens with one attached hydrogen (secondary N) is 2. The zero-order chi connectivity index (χ0) is 15.3. The number of rotatable bonds is 3. The molecule has 6 heteroatoms. The lowest BCUT2D eigenvalue weighted by atomic mass is 10.1. The summed E-state index contributed by atoms with van der Waals surface area (Å²) in [6.07, 6.45) is 0.